The number of rotatable bonds is 5. The molecule has 0 bridgehead atoms. The maximum absolute atomic E-state index is 12.0. The van der Waals surface area contributed by atoms with Crippen LogP contribution in [0.1, 0.15) is 36.3 Å². The smallest absolute Gasteiger partial charge is 0.222 e. The second-order valence-corrected chi connectivity index (χ2v) is 5.95. The van der Waals surface area contributed by atoms with Gasteiger partial charge in [-0.25, -0.2) is 0 Å². The van der Waals surface area contributed by atoms with Crippen LogP contribution >= 0.6 is 15.9 Å². The zero-order valence-electron chi connectivity index (χ0n) is 12.6. The molecule has 0 fully saturated rings. The van der Waals surface area contributed by atoms with Gasteiger partial charge in [0, 0.05) is 12.1 Å². The Morgan fingerprint density at radius 2 is 2.00 bits per heavy atom. The number of carbonyl (C=O) groups is 1. The van der Waals surface area contributed by atoms with E-state index in [1.165, 1.54) is 0 Å². The molecule has 1 unspecified atom stereocenters. The molecule has 0 spiro atoms. The van der Waals surface area contributed by atoms with Crippen LogP contribution in [0.4, 0.5) is 0 Å². The van der Waals surface area contributed by atoms with Crippen molar-refractivity contribution in [3.05, 3.63) is 51.8 Å². The highest BCUT2D eigenvalue weighted by Crippen LogP contribution is 2.20. The Kier molecular flexibility index (Phi) is 5.17. The molecule has 21 heavy (non-hydrogen) atoms. The van der Waals surface area contributed by atoms with E-state index in [0.717, 1.165) is 21.4 Å². The Balaban J connectivity index is 1.89. The zero-order chi connectivity index (χ0) is 15.4. The van der Waals surface area contributed by atoms with Crippen LogP contribution in [-0.2, 0) is 11.3 Å². The van der Waals surface area contributed by atoms with Crippen LogP contribution in [0.15, 0.2) is 34.8 Å². The number of aromatic nitrogens is 2. The lowest BCUT2D eigenvalue weighted by Gasteiger charge is -2.14. The molecule has 1 amide bonds. The molecule has 0 aliphatic rings. The Bertz CT molecular complexity index is 622. The van der Waals surface area contributed by atoms with Gasteiger partial charge in [0.25, 0.3) is 0 Å². The minimum atomic E-state index is 0.0193. The molecule has 0 aliphatic heterocycles. The van der Waals surface area contributed by atoms with Gasteiger partial charge >= 0.3 is 0 Å². The maximum atomic E-state index is 12.0. The predicted molar refractivity (Wildman–Crippen MR) is 87.0 cm³/mol. The van der Waals surface area contributed by atoms with Gasteiger partial charge in [0.1, 0.15) is 0 Å². The first-order valence-electron chi connectivity index (χ1n) is 7.03. The molecule has 1 N–H and O–H groups in total. The summed E-state index contributed by atoms with van der Waals surface area (Å²) in [6, 6.07) is 9.98. The first-order valence-corrected chi connectivity index (χ1v) is 7.82. The van der Waals surface area contributed by atoms with E-state index in [9.17, 15) is 4.79 Å². The Labute approximate surface area is 133 Å². The molecule has 112 valence electrons. The summed E-state index contributed by atoms with van der Waals surface area (Å²) in [7, 11) is 0. The molecule has 2 aromatic rings. The van der Waals surface area contributed by atoms with Crippen LogP contribution in [0.3, 0.4) is 0 Å². The number of nitrogens with one attached hydrogen (secondary N) is 1. The summed E-state index contributed by atoms with van der Waals surface area (Å²) in [6.07, 6.45) is 0.422. The van der Waals surface area contributed by atoms with E-state index in [-0.39, 0.29) is 11.9 Å². The SMILES string of the molecule is Cc1nn(CCC(=O)NC(C)c2ccccc2)c(C)c1Br. The lowest BCUT2D eigenvalue weighted by molar-refractivity contribution is -0.122. The molecule has 2 rings (SSSR count). The summed E-state index contributed by atoms with van der Waals surface area (Å²) >= 11 is 3.49. The highest BCUT2D eigenvalue weighted by atomic mass is 79.9. The third-order valence-corrected chi connectivity index (χ3v) is 4.67. The van der Waals surface area contributed by atoms with Gasteiger partial charge in [0.2, 0.25) is 5.91 Å². The van der Waals surface area contributed by atoms with Crippen LogP contribution < -0.4 is 5.32 Å². The van der Waals surface area contributed by atoms with Crippen molar-refractivity contribution in [3.63, 3.8) is 0 Å². The zero-order valence-corrected chi connectivity index (χ0v) is 14.1. The van der Waals surface area contributed by atoms with Crippen LogP contribution in [0.2, 0.25) is 0 Å². The third kappa shape index (κ3) is 3.94. The highest BCUT2D eigenvalue weighted by molar-refractivity contribution is 9.10. The molecule has 1 atom stereocenters. The lowest BCUT2D eigenvalue weighted by Crippen LogP contribution is -2.27. The van der Waals surface area contributed by atoms with Crippen LogP contribution in [0.5, 0.6) is 0 Å². The number of benzene rings is 1. The summed E-state index contributed by atoms with van der Waals surface area (Å²) < 4.78 is 2.88. The number of amides is 1. The number of hydrogen-bond acceptors (Lipinski definition) is 2. The standard InChI is InChI=1S/C16H20BrN3O/c1-11(14-7-5-4-6-8-14)18-15(21)9-10-20-13(3)16(17)12(2)19-20/h4-8,11H,9-10H2,1-3H3,(H,18,21). The fraction of sp³-hybridized carbons (Fsp3) is 0.375. The monoisotopic (exact) mass is 349 g/mol. The van der Waals surface area contributed by atoms with Gasteiger partial charge in [-0.2, -0.15) is 5.10 Å². The number of aryl methyl sites for hydroxylation is 2. The summed E-state index contributed by atoms with van der Waals surface area (Å²) in [5.74, 6) is 0.0371. The molecule has 0 radical (unpaired) electrons. The van der Waals surface area contributed by atoms with Gasteiger partial charge in [0.15, 0.2) is 0 Å². The molecule has 1 aromatic heterocycles. The average Bonchev–Trinajstić information content (AvgIpc) is 2.73. The minimum absolute atomic E-state index is 0.0193. The molecule has 1 heterocycles. The molecule has 0 aliphatic carbocycles. The molecule has 0 saturated carbocycles. The van der Waals surface area contributed by atoms with Crippen molar-refractivity contribution in [3.8, 4) is 0 Å². The fourth-order valence-electron chi connectivity index (χ4n) is 2.24. The van der Waals surface area contributed by atoms with Crippen molar-refractivity contribution in [1.29, 1.82) is 0 Å². The molecule has 5 heteroatoms. The number of carbonyl (C=O) groups excluding carboxylic acids is 1. The van der Waals surface area contributed by atoms with Crippen molar-refractivity contribution >= 4 is 21.8 Å². The number of halogens is 1. The molecular weight excluding hydrogens is 330 g/mol. The largest absolute Gasteiger partial charge is 0.350 e. The van der Waals surface area contributed by atoms with Gasteiger partial charge in [-0.1, -0.05) is 30.3 Å². The minimum Gasteiger partial charge on any atom is -0.350 e. The van der Waals surface area contributed by atoms with Gasteiger partial charge in [-0.15, -0.1) is 0 Å². The third-order valence-electron chi connectivity index (χ3n) is 3.52. The van der Waals surface area contributed by atoms with E-state index in [0.29, 0.717) is 13.0 Å². The number of hydrogen-bond donors (Lipinski definition) is 1. The first kappa shape index (κ1) is 15.8. The maximum Gasteiger partial charge on any atom is 0.222 e. The van der Waals surface area contributed by atoms with Gasteiger partial charge in [0.05, 0.1) is 22.8 Å². The summed E-state index contributed by atoms with van der Waals surface area (Å²) in [5.41, 5.74) is 3.11. The molecule has 1 aromatic carbocycles. The second kappa shape index (κ2) is 6.89. The summed E-state index contributed by atoms with van der Waals surface area (Å²) in [4.78, 5) is 12.0. The van der Waals surface area contributed by atoms with E-state index in [2.05, 4.69) is 26.3 Å². The quantitative estimate of drug-likeness (QED) is 0.897. The lowest BCUT2D eigenvalue weighted by atomic mass is 10.1. The van der Waals surface area contributed by atoms with Crippen molar-refractivity contribution in [2.75, 3.05) is 0 Å². The van der Waals surface area contributed by atoms with E-state index in [1.54, 1.807) is 0 Å². The van der Waals surface area contributed by atoms with E-state index in [4.69, 9.17) is 0 Å². The average molecular weight is 350 g/mol. The van der Waals surface area contributed by atoms with Crippen molar-refractivity contribution < 1.29 is 4.79 Å². The Morgan fingerprint density at radius 3 is 2.57 bits per heavy atom. The first-order chi connectivity index (χ1) is 9.99. The van der Waals surface area contributed by atoms with Crippen molar-refractivity contribution in [2.45, 2.75) is 39.8 Å². The van der Waals surface area contributed by atoms with Crippen LogP contribution in [0.25, 0.3) is 0 Å². The van der Waals surface area contributed by atoms with Gasteiger partial charge in [-0.3, -0.25) is 9.48 Å². The topological polar surface area (TPSA) is 46.9 Å². The Hall–Kier alpha value is -1.62. The van der Waals surface area contributed by atoms with Crippen LogP contribution in [-0.4, -0.2) is 15.7 Å². The predicted octanol–water partition coefficient (Wildman–Crippen LogP) is 3.53. The molecular formula is C16H20BrN3O. The van der Waals surface area contributed by atoms with E-state index in [1.807, 2.05) is 55.8 Å². The van der Waals surface area contributed by atoms with Crippen LogP contribution in [0, 0.1) is 13.8 Å². The second-order valence-electron chi connectivity index (χ2n) is 5.16. The summed E-state index contributed by atoms with van der Waals surface area (Å²) in [5, 5.41) is 7.42. The fourth-order valence-corrected chi connectivity index (χ4v) is 2.52. The Morgan fingerprint density at radius 1 is 1.33 bits per heavy atom. The van der Waals surface area contributed by atoms with Gasteiger partial charge < -0.3 is 5.32 Å². The van der Waals surface area contributed by atoms with Crippen molar-refractivity contribution in [2.24, 2.45) is 0 Å². The molecule has 0 saturated heterocycles. The normalized spacial score (nSPS) is 12.2. The van der Waals surface area contributed by atoms with Crippen molar-refractivity contribution in [1.82, 2.24) is 15.1 Å². The highest BCUT2D eigenvalue weighted by Gasteiger charge is 2.12. The van der Waals surface area contributed by atoms with E-state index >= 15 is 0 Å². The van der Waals surface area contributed by atoms with E-state index < -0.39 is 0 Å². The molecule has 4 nitrogen and oxygen atoms in total. The summed E-state index contributed by atoms with van der Waals surface area (Å²) in [6.45, 7) is 6.53. The van der Waals surface area contributed by atoms with Gasteiger partial charge in [-0.05, 0) is 42.3 Å². The number of nitrogens with zero attached hydrogens (tertiary/aromatic N) is 2.